The Labute approximate surface area is 141 Å². The molecule has 0 radical (unpaired) electrons. The molecule has 4 rings (SSSR count). The molecule has 3 aliphatic rings. The zero-order valence-corrected chi connectivity index (χ0v) is 13.8. The Balaban J connectivity index is 1.51. The van der Waals surface area contributed by atoms with E-state index in [1.807, 2.05) is 0 Å². The lowest BCUT2D eigenvalue weighted by Gasteiger charge is -2.23. The summed E-state index contributed by atoms with van der Waals surface area (Å²) in [5.74, 6) is 1.61. The van der Waals surface area contributed by atoms with Gasteiger partial charge in [0.25, 0.3) is 5.91 Å². The molecule has 1 aromatic rings. The molecule has 5 nitrogen and oxygen atoms in total. The van der Waals surface area contributed by atoms with Gasteiger partial charge in [0, 0.05) is 25.2 Å². The van der Waals surface area contributed by atoms with Crippen LogP contribution in [0.3, 0.4) is 0 Å². The van der Waals surface area contributed by atoms with Crippen LogP contribution in [0, 0.1) is 11.8 Å². The van der Waals surface area contributed by atoms with Crippen molar-refractivity contribution in [3.63, 3.8) is 0 Å². The molecule has 2 bridgehead atoms. The first kappa shape index (κ1) is 15.1. The lowest BCUT2D eigenvalue weighted by atomic mass is 9.99. The van der Waals surface area contributed by atoms with Gasteiger partial charge in [-0.3, -0.25) is 4.79 Å². The van der Waals surface area contributed by atoms with Crippen LogP contribution in [0.15, 0.2) is 12.1 Å². The molecule has 23 heavy (non-hydrogen) atoms. The van der Waals surface area contributed by atoms with Crippen LogP contribution in [0.2, 0.25) is 5.02 Å². The van der Waals surface area contributed by atoms with Crippen LogP contribution in [-0.2, 0) is 0 Å². The number of hydrogen-bond acceptors (Lipinski definition) is 4. The molecule has 0 aromatic heterocycles. The van der Waals surface area contributed by atoms with Gasteiger partial charge < -0.3 is 20.7 Å². The molecular weight excluding hydrogens is 314 g/mol. The van der Waals surface area contributed by atoms with E-state index >= 15 is 0 Å². The fraction of sp³-hybridized carbons (Fsp3) is 0.588. The van der Waals surface area contributed by atoms with E-state index in [9.17, 15) is 4.79 Å². The van der Waals surface area contributed by atoms with Crippen LogP contribution in [0.25, 0.3) is 0 Å². The van der Waals surface area contributed by atoms with Crippen LogP contribution in [0.1, 0.15) is 29.6 Å². The summed E-state index contributed by atoms with van der Waals surface area (Å²) < 4.78 is 5.83. The van der Waals surface area contributed by atoms with Gasteiger partial charge in [-0.1, -0.05) is 11.6 Å². The molecule has 1 aliphatic carbocycles. The van der Waals surface area contributed by atoms with E-state index in [0.29, 0.717) is 40.5 Å². The fourth-order valence-electron chi connectivity index (χ4n) is 3.55. The summed E-state index contributed by atoms with van der Waals surface area (Å²) in [7, 11) is 0. The van der Waals surface area contributed by atoms with Gasteiger partial charge in [0.15, 0.2) is 0 Å². The number of halogens is 1. The third kappa shape index (κ3) is 3.12. The van der Waals surface area contributed by atoms with Gasteiger partial charge >= 0.3 is 0 Å². The molecule has 124 valence electrons. The van der Waals surface area contributed by atoms with Crippen LogP contribution in [0.5, 0.6) is 5.75 Å². The van der Waals surface area contributed by atoms with E-state index in [2.05, 4.69) is 10.2 Å². The van der Waals surface area contributed by atoms with E-state index in [1.54, 1.807) is 12.1 Å². The van der Waals surface area contributed by atoms with Gasteiger partial charge in [-0.25, -0.2) is 0 Å². The van der Waals surface area contributed by atoms with Crippen molar-refractivity contribution in [2.45, 2.75) is 25.3 Å². The molecule has 0 spiro atoms. The number of ether oxygens (including phenoxy) is 1. The second kappa shape index (κ2) is 5.87. The number of amides is 1. The topological polar surface area (TPSA) is 67.6 Å². The van der Waals surface area contributed by atoms with Crippen LogP contribution in [0.4, 0.5) is 5.69 Å². The summed E-state index contributed by atoms with van der Waals surface area (Å²) in [5.41, 5.74) is 6.81. The second-order valence-corrected chi connectivity index (χ2v) is 7.42. The number of piperidine rings is 1. The summed E-state index contributed by atoms with van der Waals surface area (Å²) in [5, 5.41) is 3.55. The quantitative estimate of drug-likeness (QED) is 0.809. The number of nitrogens with one attached hydrogen (secondary N) is 1. The van der Waals surface area contributed by atoms with Gasteiger partial charge in [-0.05, 0) is 43.7 Å². The lowest BCUT2D eigenvalue weighted by molar-refractivity contribution is 0.0920. The zero-order chi connectivity index (χ0) is 16.0. The van der Waals surface area contributed by atoms with Crippen molar-refractivity contribution in [1.29, 1.82) is 0 Å². The summed E-state index contributed by atoms with van der Waals surface area (Å²) in [6, 6.07) is 3.52. The SMILES string of the molecule is Nc1cc(OCC2CC2)c(C(=O)NC2CN3CCC2C3)cc1Cl. The molecule has 2 heterocycles. The second-order valence-electron chi connectivity index (χ2n) is 7.01. The Hall–Kier alpha value is -1.46. The first-order chi connectivity index (χ1) is 11.1. The van der Waals surface area contributed by atoms with Crippen molar-refractivity contribution < 1.29 is 9.53 Å². The number of anilines is 1. The fourth-order valence-corrected chi connectivity index (χ4v) is 3.72. The normalized spacial score (nSPS) is 28.8. The van der Waals surface area contributed by atoms with Crippen LogP contribution < -0.4 is 15.8 Å². The summed E-state index contributed by atoms with van der Waals surface area (Å²) in [6.45, 7) is 3.83. The number of nitrogens with two attached hydrogens (primary N) is 1. The predicted molar refractivity (Wildman–Crippen MR) is 89.9 cm³/mol. The standard InChI is InChI=1S/C17H22ClN3O2/c18-13-5-12(16(6-14(13)19)23-9-10-1-2-10)17(22)20-15-8-21-4-3-11(15)7-21/h5-6,10-11,15H,1-4,7-9,19H2,(H,20,22). The number of benzene rings is 1. The van der Waals surface area contributed by atoms with E-state index < -0.39 is 0 Å². The minimum atomic E-state index is -0.114. The van der Waals surface area contributed by atoms with E-state index in [1.165, 1.54) is 19.3 Å². The maximum absolute atomic E-state index is 12.7. The molecule has 2 aliphatic heterocycles. The number of nitrogens with zero attached hydrogens (tertiary/aromatic N) is 1. The average Bonchev–Trinajstić information content (AvgIpc) is 3.13. The van der Waals surface area contributed by atoms with Crippen LogP contribution in [-0.4, -0.2) is 43.1 Å². The summed E-state index contributed by atoms with van der Waals surface area (Å²) >= 11 is 6.12. The summed E-state index contributed by atoms with van der Waals surface area (Å²) in [6.07, 6.45) is 3.56. The van der Waals surface area contributed by atoms with Crippen molar-refractivity contribution in [2.24, 2.45) is 11.8 Å². The largest absolute Gasteiger partial charge is 0.492 e. The smallest absolute Gasteiger partial charge is 0.255 e. The molecule has 1 aromatic carbocycles. The number of hydrogen-bond donors (Lipinski definition) is 2. The van der Waals surface area contributed by atoms with Crippen LogP contribution >= 0.6 is 11.6 Å². The Bertz CT molecular complexity index is 633. The molecule has 6 heteroatoms. The van der Waals surface area contributed by atoms with E-state index in [0.717, 1.165) is 19.6 Å². The molecule has 3 fully saturated rings. The number of carbonyl (C=O) groups is 1. The summed E-state index contributed by atoms with van der Waals surface area (Å²) in [4.78, 5) is 15.1. The first-order valence-electron chi connectivity index (χ1n) is 8.35. The first-order valence-corrected chi connectivity index (χ1v) is 8.73. The number of nitrogen functional groups attached to an aromatic ring is 1. The van der Waals surface area contributed by atoms with Gasteiger partial charge in [0.2, 0.25) is 0 Å². The van der Waals surface area contributed by atoms with Gasteiger partial charge in [-0.2, -0.15) is 0 Å². The Morgan fingerprint density at radius 1 is 1.35 bits per heavy atom. The van der Waals surface area contributed by atoms with Crippen molar-refractivity contribution in [3.8, 4) is 5.75 Å². The monoisotopic (exact) mass is 335 g/mol. The third-order valence-corrected chi connectivity index (χ3v) is 5.49. The maximum Gasteiger partial charge on any atom is 0.255 e. The van der Waals surface area contributed by atoms with Gasteiger partial charge in [0.05, 0.1) is 22.9 Å². The Morgan fingerprint density at radius 3 is 2.83 bits per heavy atom. The molecule has 2 saturated heterocycles. The highest BCUT2D eigenvalue weighted by Gasteiger charge is 2.39. The Kier molecular flexibility index (Phi) is 3.85. The van der Waals surface area contributed by atoms with E-state index in [4.69, 9.17) is 22.1 Å². The molecule has 3 N–H and O–H groups in total. The molecule has 1 amide bonds. The highest BCUT2D eigenvalue weighted by atomic mass is 35.5. The highest BCUT2D eigenvalue weighted by molar-refractivity contribution is 6.33. The van der Waals surface area contributed by atoms with Crippen molar-refractivity contribution >= 4 is 23.2 Å². The number of fused-ring (bicyclic) bond motifs is 2. The number of rotatable bonds is 5. The minimum Gasteiger partial charge on any atom is -0.492 e. The third-order valence-electron chi connectivity index (χ3n) is 5.16. The molecule has 3 atom stereocenters. The minimum absolute atomic E-state index is 0.114. The van der Waals surface area contributed by atoms with Crippen molar-refractivity contribution in [3.05, 3.63) is 22.7 Å². The average molecular weight is 336 g/mol. The van der Waals surface area contributed by atoms with Gasteiger partial charge in [0.1, 0.15) is 5.75 Å². The molecule has 1 saturated carbocycles. The zero-order valence-electron chi connectivity index (χ0n) is 13.1. The lowest BCUT2D eigenvalue weighted by Crippen LogP contribution is -2.43. The Morgan fingerprint density at radius 2 is 2.17 bits per heavy atom. The molecule has 3 unspecified atom stereocenters. The maximum atomic E-state index is 12.7. The van der Waals surface area contributed by atoms with Gasteiger partial charge in [-0.15, -0.1) is 0 Å². The van der Waals surface area contributed by atoms with Crippen molar-refractivity contribution in [2.75, 3.05) is 32.0 Å². The van der Waals surface area contributed by atoms with E-state index in [-0.39, 0.29) is 11.9 Å². The highest BCUT2D eigenvalue weighted by Crippen LogP contribution is 2.34. The predicted octanol–water partition coefficient (Wildman–Crippen LogP) is 2.14. The molecular formula is C17H22ClN3O2. The van der Waals surface area contributed by atoms with Crippen molar-refractivity contribution in [1.82, 2.24) is 10.2 Å². The number of carbonyl (C=O) groups excluding carboxylic acids is 1.